The third kappa shape index (κ3) is 1.12. The highest BCUT2D eigenvalue weighted by Gasteiger charge is 2.32. The van der Waals surface area contributed by atoms with Crippen molar-refractivity contribution in [2.45, 2.75) is 19.9 Å². The second-order valence-electron chi connectivity index (χ2n) is 3.62. The lowest BCUT2D eigenvalue weighted by molar-refractivity contribution is 0.0783. The van der Waals surface area contributed by atoms with E-state index in [1.807, 2.05) is 19.9 Å². The molecule has 14 heavy (non-hydrogen) atoms. The van der Waals surface area contributed by atoms with Crippen LogP contribution in [0.2, 0.25) is 5.15 Å². The Balaban J connectivity index is 2.65. The van der Waals surface area contributed by atoms with Gasteiger partial charge in [-0.05, 0) is 25.5 Å². The number of carbonyl (C=O) groups excluding carboxylic acids is 1. The maximum atomic E-state index is 11.7. The Morgan fingerprint density at radius 3 is 2.86 bits per heavy atom. The van der Waals surface area contributed by atoms with Crippen molar-refractivity contribution < 1.29 is 4.79 Å². The minimum absolute atomic E-state index is 0.0237. The van der Waals surface area contributed by atoms with Gasteiger partial charge in [0, 0.05) is 7.05 Å². The second-order valence-corrected chi connectivity index (χ2v) is 3.98. The van der Waals surface area contributed by atoms with Gasteiger partial charge in [-0.2, -0.15) is 0 Å². The van der Waals surface area contributed by atoms with Gasteiger partial charge in [0.15, 0.2) is 0 Å². The number of aromatic nitrogens is 1. The van der Waals surface area contributed by atoms with Gasteiger partial charge in [0.2, 0.25) is 0 Å². The highest BCUT2D eigenvalue weighted by atomic mass is 35.5. The molecule has 0 radical (unpaired) electrons. The Labute approximate surface area is 87.7 Å². The summed E-state index contributed by atoms with van der Waals surface area (Å²) < 4.78 is 0. The average Bonchev–Trinajstić information content (AvgIpc) is 2.34. The van der Waals surface area contributed by atoms with E-state index in [9.17, 15) is 4.79 Å². The average molecular weight is 211 g/mol. The van der Waals surface area contributed by atoms with Crippen LogP contribution < -0.4 is 0 Å². The van der Waals surface area contributed by atoms with Crippen molar-refractivity contribution in [1.82, 2.24) is 9.88 Å². The first kappa shape index (κ1) is 9.46. The first-order valence-corrected chi connectivity index (χ1v) is 4.84. The van der Waals surface area contributed by atoms with Gasteiger partial charge in [-0.3, -0.25) is 4.79 Å². The van der Waals surface area contributed by atoms with Gasteiger partial charge in [0.05, 0.1) is 17.3 Å². The number of nitrogens with zero attached hydrogens (tertiary/aromatic N) is 2. The predicted octanol–water partition coefficient (Wildman–Crippen LogP) is 2.19. The van der Waals surface area contributed by atoms with E-state index in [-0.39, 0.29) is 11.9 Å². The van der Waals surface area contributed by atoms with Crippen LogP contribution in [0.5, 0.6) is 0 Å². The third-order valence-corrected chi connectivity index (χ3v) is 3.09. The van der Waals surface area contributed by atoms with Crippen molar-refractivity contribution in [3.8, 4) is 0 Å². The molecule has 1 aromatic rings. The van der Waals surface area contributed by atoms with Gasteiger partial charge >= 0.3 is 0 Å². The molecule has 74 valence electrons. The largest absolute Gasteiger partial charge is 0.333 e. The lowest BCUT2D eigenvalue weighted by Crippen LogP contribution is -2.20. The maximum absolute atomic E-state index is 11.7. The Morgan fingerprint density at radius 1 is 1.57 bits per heavy atom. The predicted molar refractivity (Wildman–Crippen MR) is 54.5 cm³/mol. The molecule has 0 fully saturated rings. The molecular weight excluding hydrogens is 200 g/mol. The number of hydrogen-bond donors (Lipinski definition) is 0. The minimum atomic E-state index is 0.0237. The van der Waals surface area contributed by atoms with Gasteiger partial charge in [-0.25, -0.2) is 4.98 Å². The molecule has 1 aliphatic rings. The molecule has 0 aromatic carbocycles. The van der Waals surface area contributed by atoms with E-state index in [1.54, 1.807) is 11.9 Å². The molecule has 3 nitrogen and oxygen atoms in total. The van der Waals surface area contributed by atoms with Crippen LogP contribution in [-0.4, -0.2) is 22.8 Å². The molecule has 0 saturated heterocycles. The molecule has 0 spiro atoms. The first-order chi connectivity index (χ1) is 6.52. The van der Waals surface area contributed by atoms with Gasteiger partial charge in [-0.1, -0.05) is 11.6 Å². The summed E-state index contributed by atoms with van der Waals surface area (Å²) in [5.41, 5.74) is 2.32. The molecule has 2 heterocycles. The topological polar surface area (TPSA) is 33.2 Å². The zero-order chi connectivity index (χ0) is 10.5. The monoisotopic (exact) mass is 210 g/mol. The highest BCUT2D eigenvalue weighted by molar-refractivity contribution is 6.30. The van der Waals surface area contributed by atoms with Gasteiger partial charge in [-0.15, -0.1) is 0 Å². The normalized spacial score (nSPS) is 20.1. The van der Waals surface area contributed by atoms with E-state index in [4.69, 9.17) is 11.6 Å². The van der Waals surface area contributed by atoms with E-state index < -0.39 is 0 Å². The number of pyridine rings is 1. The summed E-state index contributed by atoms with van der Waals surface area (Å²) in [7, 11) is 1.78. The Hall–Kier alpha value is -1.09. The summed E-state index contributed by atoms with van der Waals surface area (Å²) in [6.45, 7) is 3.80. The number of rotatable bonds is 0. The number of amides is 1. The van der Waals surface area contributed by atoms with Gasteiger partial charge < -0.3 is 4.90 Å². The Kier molecular flexibility index (Phi) is 2.00. The van der Waals surface area contributed by atoms with Crippen molar-refractivity contribution in [2.75, 3.05) is 7.05 Å². The fourth-order valence-electron chi connectivity index (χ4n) is 1.64. The van der Waals surface area contributed by atoms with Crippen LogP contribution in [0.25, 0.3) is 0 Å². The molecule has 0 N–H and O–H groups in total. The Bertz CT molecular complexity index is 417. The molecule has 2 rings (SSSR count). The number of hydrogen-bond acceptors (Lipinski definition) is 2. The van der Waals surface area contributed by atoms with Crippen LogP contribution in [0.4, 0.5) is 0 Å². The zero-order valence-corrected chi connectivity index (χ0v) is 9.09. The molecule has 1 aromatic heterocycles. The molecule has 0 bridgehead atoms. The number of carbonyl (C=O) groups is 1. The van der Waals surface area contributed by atoms with Crippen molar-refractivity contribution in [3.63, 3.8) is 0 Å². The number of fused-ring (bicyclic) bond motifs is 1. The summed E-state index contributed by atoms with van der Waals surface area (Å²) in [5.74, 6) is 0.0276. The maximum Gasteiger partial charge on any atom is 0.256 e. The van der Waals surface area contributed by atoms with Crippen LogP contribution in [0.1, 0.15) is 34.6 Å². The SMILES string of the molecule is Cc1cc2c(nc1Cl)C(C)N(C)C2=O. The van der Waals surface area contributed by atoms with Crippen LogP contribution in [-0.2, 0) is 0 Å². The lowest BCUT2D eigenvalue weighted by atomic mass is 10.1. The molecule has 4 heteroatoms. The summed E-state index contributed by atoms with van der Waals surface area (Å²) in [4.78, 5) is 17.6. The van der Waals surface area contributed by atoms with Crippen molar-refractivity contribution in [2.24, 2.45) is 0 Å². The molecule has 0 saturated carbocycles. The number of halogens is 1. The van der Waals surface area contributed by atoms with E-state index in [0.717, 1.165) is 11.3 Å². The van der Waals surface area contributed by atoms with Crippen LogP contribution in [0.15, 0.2) is 6.07 Å². The third-order valence-electron chi connectivity index (χ3n) is 2.71. The van der Waals surface area contributed by atoms with Crippen molar-refractivity contribution in [1.29, 1.82) is 0 Å². The fourth-order valence-corrected chi connectivity index (χ4v) is 1.79. The summed E-state index contributed by atoms with van der Waals surface area (Å²) in [5, 5.41) is 0.485. The molecule has 1 unspecified atom stereocenters. The molecule has 1 aliphatic heterocycles. The molecular formula is C10H11ClN2O. The van der Waals surface area contributed by atoms with Gasteiger partial charge in [0.1, 0.15) is 5.15 Å². The van der Waals surface area contributed by atoms with Gasteiger partial charge in [0.25, 0.3) is 5.91 Å². The molecule has 0 aliphatic carbocycles. The fraction of sp³-hybridized carbons (Fsp3) is 0.400. The summed E-state index contributed by atoms with van der Waals surface area (Å²) in [6, 6.07) is 1.84. The second kappa shape index (κ2) is 2.95. The molecule has 1 atom stereocenters. The van der Waals surface area contributed by atoms with Crippen molar-refractivity contribution in [3.05, 3.63) is 28.0 Å². The van der Waals surface area contributed by atoms with E-state index in [0.29, 0.717) is 10.7 Å². The van der Waals surface area contributed by atoms with E-state index in [2.05, 4.69) is 4.98 Å². The minimum Gasteiger partial charge on any atom is -0.333 e. The van der Waals surface area contributed by atoms with Crippen molar-refractivity contribution >= 4 is 17.5 Å². The van der Waals surface area contributed by atoms with E-state index >= 15 is 0 Å². The number of aryl methyl sites for hydroxylation is 1. The van der Waals surface area contributed by atoms with Crippen LogP contribution in [0, 0.1) is 6.92 Å². The smallest absolute Gasteiger partial charge is 0.256 e. The molecule has 1 amide bonds. The van der Waals surface area contributed by atoms with Crippen LogP contribution >= 0.6 is 11.6 Å². The highest BCUT2D eigenvalue weighted by Crippen LogP contribution is 2.32. The van der Waals surface area contributed by atoms with Crippen LogP contribution in [0.3, 0.4) is 0 Å². The zero-order valence-electron chi connectivity index (χ0n) is 8.34. The lowest BCUT2D eigenvalue weighted by Gasteiger charge is -2.14. The summed E-state index contributed by atoms with van der Waals surface area (Å²) >= 11 is 5.91. The Morgan fingerprint density at radius 2 is 2.21 bits per heavy atom. The standard InChI is InChI=1S/C10H11ClN2O/c1-5-4-7-8(12-9(5)11)6(2)13(3)10(7)14/h4,6H,1-3H3. The quantitative estimate of drug-likeness (QED) is 0.615. The first-order valence-electron chi connectivity index (χ1n) is 4.46. The van der Waals surface area contributed by atoms with E-state index in [1.165, 1.54) is 0 Å². The summed E-state index contributed by atoms with van der Waals surface area (Å²) in [6.07, 6.45) is 0.